The highest BCUT2D eigenvalue weighted by Crippen LogP contribution is 2.36. The minimum absolute atomic E-state index is 0.789. The zero-order chi connectivity index (χ0) is 8.27. The molecule has 0 aromatic rings. The quantitative estimate of drug-likeness (QED) is 0.538. The van der Waals surface area contributed by atoms with Crippen molar-refractivity contribution in [2.24, 2.45) is 5.92 Å². The van der Waals surface area contributed by atoms with E-state index in [-0.39, 0.29) is 0 Å². The SMILES string of the molecule is C=CC1CC(=C(C)CCC)C1. The minimum Gasteiger partial charge on any atom is -0.103 e. The van der Waals surface area contributed by atoms with E-state index < -0.39 is 0 Å². The van der Waals surface area contributed by atoms with E-state index in [1.165, 1.54) is 25.7 Å². The van der Waals surface area contributed by atoms with Crippen LogP contribution in [-0.2, 0) is 0 Å². The zero-order valence-corrected chi connectivity index (χ0v) is 7.69. The van der Waals surface area contributed by atoms with Gasteiger partial charge in [-0.1, -0.05) is 30.6 Å². The number of hydrogen-bond acceptors (Lipinski definition) is 0. The summed E-state index contributed by atoms with van der Waals surface area (Å²) in [4.78, 5) is 0. The Bertz CT molecular complexity index is 166. The van der Waals surface area contributed by atoms with Gasteiger partial charge < -0.3 is 0 Å². The van der Waals surface area contributed by atoms with Crippen LogP contribution in [0, 0.1) is 5.92 Å². The normalized spacial score (nSPS) is 22.7. The van der Waals surface area contributed by atoms with Crippen LogP contribution >= 0.6 is 0 Å². The minimum atomic E-state index is 0.789. The molecule has 0 saturated heterocycles. The zero-order valence-electron chi connectivity index (χ0n) is 7.69. The number of hydrogen-bond donors (Lipinski definition) is 0. The van der Waals surface area contributed by atoms with E-state index in [2.05, 4.69) is 26.5 Å². The summed E-state index contributed by atoms with van der Waals surface area (Å²) in [5, 5.41) is 0. The van der Waals surface area contributed by atoms with Gasteiger partial charge in [-0.2, -0.15) is 0 Å². The molecular formula is C11H18. The van der Waals surface area contributed by atoms with Crippen LogP contribution in [0.3, 0.4) is 0 Å². The molecule has 0 heterocycles. The molecular weight excluding hydrogens is 132 g/mol. The maximum absolute atomic E-state index is 3.80. The summed E-state index contributed by atoms with van der Waals surface area (Å²) in [6, 6.07) is 0. The summed E-state index contributed by atoms with van der Waals surface area (Å²) < 4.78 is 0. The van der Waals surface area contributed by atoms with Crippen molar-refractivity contribution < 1.29 is 0 Å². The van der Waals surface area contributed by atoms with Crippen molar-refractivity contribution in [2.75, 3.05) is 0 Å². The second kappa shape index (κ2) is 3.75. The Morgan fingerprint density at radius 2 is 2.27 bits per heavy atom. The molecule has 0 atom stereocenters. The third kappa shape index (κ3) is 1.95. The van der Waals surface area contributed by atoms with Gasteiger partial charge in [0.15, 0.2) is 0 Å². The molecule has 0 aromatic heterocycles. The summed E-state index contributed by atoms with van der Waals surface area (Å²) in [7, 11) is 0. The summed E-state index contributed by atoms with van der Waals surface area (Å²) in [6.07, 6.45) is 7.24. The lowest BCUT2D eigenvalue weighted by Crippen LogP contribution is -2.13. The van der Waals surface area contributed by atoms with Gasteiger partial charge in [-0.3, -0.25) is 0 Å². The van der Waals surface area contributed by atoms with Crippen molar-refractivity contribution in [2.45, 2.75) is 39.5 Å². The van der Waals surface area contributed by atoms with Gasteiger partial charge in [0.25, 0.3) is 0 Å². The second-order valence-corrected chi connectivity index (χ2v) is 3.54. The van der Waals surface area contributed by atoms with Crippen LogP contribution in [0.2, 0.25) is 0 Å². The lowest BCUT2D eigenvalue weighted by Gasteiger charge is -2.28. The van der Waals surface area contributed by atoms with Crippen LogP contribution in [0.4, 0.5) is 0 Å². The van der Waals surface area contributed by atoms with Gasteiger partial charge in [-0.15, -0.1) is 6.58 Å². The maximum Gasteiger partial charge on any atom is -0.0161 e. The fourth-order valence-corrected chi connectivity index (χ4v) is 1.64. The molecule has 1 aliphatic carbocycles. The smallest absolute Gasteiger partial charge is 0.0161 e. The average Bonchev–Trinajstić information content (AvgIpc) is 1.86. The molecule has 0 nitrogen and oxygen atoms in total. The predicted molar refractivity (Wildman–Crippen MR) is 50.5 cm³/mol. The summed E-state index contributed by atoms with van der Waals surface area (Å²) in [5.74, 6) is 0.789. The van der Waals surface area contributed by atoms with Gasteiger partial charge in [0.05, 0.1) is 0 Å². The van der Waals surface area contributed by atoms with E-state index in [1.54, 1.807) is 11.1 Å². The van der Waals surface area contributed by atoms with Crippen molar-refractivity contribution >= 4 is 0 Å². The molecule has 1 fully saturated rings. The molecule has 0 N–H and O–H groups in total. The summed E-state index contributed by atoms with van der Waals surface area (Å²) in [6.45, 7) is 8.32. The molecule has 0 bridgehead atoms. The Kier molecular flexibility index (Phi) is 2.92. The molecule has 0 aromatic carbocycles. The predicted octanol–water partition coefficient (Wildman–Crippen LogP) is 3.70. The van der Waals surface area contributed by atoms with Crippen molar-refractivity contribution in [3.63, 3.8) is 0 Å². The second-order valence-electron chi connectivity index (χ2n) is 3.54. The highest BCUT2D eigenvalue weighted by atomic mass is 14.3. The van der Waals surface area contributed by atoms with Crippen LogP contribution in [0.1, 0.15) is 39.5 Å². The molecule has 0 amide bonds. The third-order valence-electron chi connectivity index (χ3n) is 2.58. The van der Waals surface area contributed by atoms with E-state index in [0.717, 1.165) is 5.92 Å². The van der Waals surface area contributed by atoms with Gasteiger partial charge in [0, 0.05) is 0 Å². The van der Waals surface area contributed by atoms with Gasteiger partial charge in [0.1, 0.15) is 0 Å². The first-order valence-corrected chi connectivity index (χ1v) is 4.58. The van der Waals surface area contributed by atoms with Crippen LogP contribution in [0.25, 0.3) is 0 Å². The first-order chi connectivity index (χ1) is 5.27. The van der Waals surface area contributed by atoms with Gasteiger partial charge in [-0.25, -0.2) is 0 Å². The first-order valence-electron chi connectivity index (χ1n) is 4.58. The van der Waals surface area contributed by atoms with E-state index in [0.29, 0.717) is 0 Å². The lowest BCUT2D eigenvalue weighted by molar-refractivity contribution is 0.504. The largest absolute Gasteiger partial charge is 0.103 e. The van der Waals surface area contributed by atoms with E-state index >= 15 is 0 Å². The highest BCUT2D eigenvalue weighted by molar-refractivity contribution is 5.22. The molecule has 0 unspecified atom stereocenters. The number of rotatable bonds is 3. The molecule has 0 radical (unpaired) electrons. The van der Waals surface area contributed by atoms with Gasteiger partial charge in [0.2, 0.25) is 0 Å². The Balaban J connectivity index is 2.38. The summed E-state index contributed by atoms with van der Waals surface area (Å²) >= 11 is 0. The first kappa shape index (κ1) is 8.58. The Hall–Kier alpha value is -0.520. The standard InChI is InChI=1S/C11H18/c1-4-6-9(3)11-7-10(5-2)8-11/h5,10H,2,4,6-8H2,1,3H3. The van der Waals surface area contributed by atoms with Gasteiger partial charge in [-0.05, 0) is 32.1 Å². The van der Waals surface area contributed by atoms with Crippen molar-refractivity contribution in [1.82, 2.24) is 0 Å². The lowest BCUT2D eigenvalue weighted by atomic mass is 9.77. The van der Waals surface area contributed by atoms with Gasteiger partial charge >= 0.3 is 0 Å². The molecule has 1 rings (SSSR count). The van der Waals surface area contributed by atoms with E-state index in [4.69, 9.17) is 0 Å². The summed E-state index contributed by atoms with van der Waals surface area (Å²) in [5.41, 5.74) is 3.32. The van der Waals surface area contributed by atoms with Crippen molar-refractivity contribution in [3.05, 3.63) is 23.8 Å². The highest BCUT2D eigenvalue weighted by Gasteiger charge is 2.20. The van der Waals surface area contributed by atoms with E-state index in [9.17, 15) is 0 Å². The Morgan fingerprint density at radius 1 is 1.64 bits per heavy atom. The average molecular weight is 150 g/mol. The van der Waals surface area contributed by atoms with Crippen LogP contribution in [-0.4, -0.2) is 0 Å². The van der Waals surface area contributed by atoms with Crippen molar-refractivity contribution in [3.8, 4) is 0 Å². The van der Waals surface area contributed by atoms with Crippen LogP contribution < -0.4 is 0 Å². The number of allylic oxidation sites excluding steroid dienone is 3. The molecule has 1 saturated carbocycles. The van der Waals surface area contributed by atoms with E-state index in [1.807, 2.05) is 0 Å². The monoisotopic (exact) mass is 150 g/mol. The van der Waals surface area contributed by atoms with Crippen LogP contribution in [0.5, 0.6) is 0 Å². The molecule has 11 heavy (non-hydrogen) atoms. The fraction of sp³-hybridized carbons (Fsp3) is 0.636. The van der Waals surface area contributed by atoms with Crippen LogP contribution in [0.15, 0.2) is 23.8 Å². The fourth-order valence-electron chi connectivity index (χ4n) is 1.64. The Labute approximate surface area is 70.0 Å². The molecule has 0 heteroatoms. The van der Waals surface area contributed by atoms with Crippen molar-refractivity contribution in [1.29, 1.82) is 0 Å². The topological polar surface area (TPSA) is 0 Å². The molecule has 0 spiro atoms. The molecule has 62 valence electrons. The molecule has 1 aliphatic rings. The maximum atomic E-state index is 3.80. The molecule has 0 aliphatic heterocycles. The third-order valence-corrected chi connectivity index (χ3v) is 2.58. The Morgan fingerprint density at radius 3 is 2.73 bits per heavy atom.